The molecule has 0 atom stereocenters. The summed E-state index contributed by atoms with van der Waals surface area (Å²) in [7, 11) is 2.05. The minimum absolute atomic E-state index is 0.135. The molecule has 0 saturated carbocycles. The fourth-order valence-corrected chi connectivity index (χ4v) is 2.60. The lowest BCUT2D eigenvalue weighted by Crippen LogP contribution is -2.18. The monoisotopic (exact) mass is 254 g/mol. The van der Waals surface area contributed by atoms with E-state index in [-0.39, 0.29) is 5.78 Å². The first kappa shape index (κ1) is 14.0. The van der Waals surface area contributed by atoms with Crippen molar-refractivity contribution in [3.8, 4) is 0 Å². The maximum Gasteiger partial charge on any atom is 0.174 e. The Balaban J connectivity index is 2.75. The number of Topliss-reactive ketones (excluding diaryl/α,β-unsaturated/α-hetero) is 1. The molecule has 0 spiro atoms. The number of nitrogens with two attached hydrogens (primary N) is 1. The van der Waals surface area contributed by atoms with Gasteiger partial charge in [0.15, 0.2) is 5.78 Å². The van der Waals surface area contributed by atoms with Gasteiger partial charge in [-0.3, -0.25) is 4.79 Å². The first-order chi connectivity index (χ1) is 7.95. The third-order valence-corrected chi connectivity index (χ3v) is 4.05. The van der Waals surface area contributed by atoms with Gasteiger partial charge in [-0.2, -0.15) is 0 Å². The zero-order valence-electron chi connectivity index (χ0n) is 11.1. The summed E-state index contributed by atoms with van der Waals surface area (Å²) in [5.41, 5.74) is 6.49. The van der Waals surface area contributed by atoms with Crippen molar-refractivity contribution in [3.05, 3.63) is 10.9 Å². The van der Waals surface area contributed by atoms with E-state index in [9.17, 15) is 4.79 Å². The quantitative estimate of drug-likeness (QED) is 0.791. The Bertz CT molecular complexity index is 385. The molecular weight excluding hydrogens is 232 g/mol. The Morgan fingerprint density at radius 1 is 1.53 bits per heavy atom. The van der Waals surface area contributed by atoms with Crippen LogP contribution in [0.5, 0.6) is 0 Å². The van der Waals surface area contributed by atoms with E-state index in [1.54, 1.807) is 0 Å². The molecule has 0 aliphatic carbocycles. The zero-order valence-corrected chi connectivity index (χ0v) is 11.9. The van der Waals surface area contributed by atoms with Crippen LogP contribution in [0.2, 0.25) is 0 Å². The van der Waals surface area contributed by atoms with Crippen molar-refractivity contribution >= 4 is 27.8 Å². The largest absolute Gasteiger partial charge is 0.397 e. The predicted molar refractivity (Wildman–Crippen MR) is 76.1 cm³/mol. The SMILES string of the molecule is CCC(=O)c1sc(N(C)CCC(C)C)cc1N. The van der Waals surface area contributed by atoms with E-state index in [2.05, 4.69) is 18.7 Å². The van der Waals surface area contributed by atoms with Gasteiger partial charge in [0.1, 0.15) is 0 Å². The molecule has 1 heterocycles. The topological polar surface area (TPSA) is 46.3 Å². The fraction of sp³-hybridized carbons (Fsp3) is 0.615. The standard InChI is InChI=1S/C13H22N2OS/c1-5-11(16)13-10(14)8-12(17-13)15(4)7-6-9(2)3/h8-9H,5-7,14H2,1-4H3. The van der Waals surface area contributed by atoms with E-state index in [1.807, 2.05) is 20.0 Å². The van der Waals surface area contributed by atoms with Gasteiger partial charge in [0.05, 0.1) is 15.6 Å². The molecule has 0 saturated heterocycles. The van der Waals surface area contributed by atoms with Crippen molar-refractivity contribution in [2.24, 2.45) is 5.92 Å². The van der Waals surface area contributed by atoms with Crippen LogP contribution in [0, 0.1) is 5.92 Å². The minimum atomic E-state index is 0.135. The number of anilines is 2. The van der Waals surface area contributed by atoms with E-state index < -0.39 is 0 Å². The first-order valence-corrected chi connectivity index (χ1v) is 6.91. The molecule has 4 heteroatoms. The number of rotatable bonds is 6. The molecule has 17 heavy (non-hydrogen) atoms. The number of ketones is 1. The average Bonchev–Trinajstić information content (AvgIpc) is 2.67. The summed E-state index contributed by atoms with van der Waals surface area (Å²) in [5, 5.41) is 1.08. The van der Waals surface area contributed by atoms with Gasteiger partial charge in [-0.1, -0.05) is 20.8 Å². The van der Waals surface area contributed by atoms with Gasteiger partial charge in [0, 0.05) is 20.0 Å². The Morgan fingerprint density at radius 3 is 2.71 bits per heavy atom. The van der Waals surface area contributed by atoms with Crippen LogP contribution in [0.15, 0.2) is 6.07 Å². The van der Waals surface area contributed by atoms with Gasteiger partial charge in [-0.25, -0.2) is 0 Å². The van der Waals surface area contributed by atoms with Gasteiger partial charge in [-0.15, -0.1) is 11.3 Å². The molecule has 0 aliphatic heterocycles. The van der Waals surface area contributed by atoms with Crippen LogP contribution in [0.25, 0.3) is 0 Å². The lowest BCUT2D eigenvalue weighted by molar-refractivity contribution is 0.0993. The number of thiophene rings is 1. The van der Waals surface area contributed by atoms with Crippen LogP contribution in [0.3, 0.4) is 0 Å². The van der Waals surface area contributed by atoms with Crippen molar-refractivity contribution in [1.29, 1.82) is 0 Å². The average molecular weight is 254 g/mol. The molecule has 0 unspecified atom stereocenters. The summed E-state index contributed by atoms with van der Waals surface area (Å²) >= 11 is 1.50. The minimum Gasteiger partial charge on any atom is -0.397 e. The highest BCUT2D eigenvalue weighted by Crippen LogP contribution is 2.32. The Hall–Kier alpha value is -1.03. The summed E-state index contributed by atoms with van der Waals surface area (Å²) < 4.78 is 0. The van der Waals surface area contributed by atoms with Crippen LogP contribution in [-0.4, -0.2) is 19.4 Å². The Morgan fingerprint density at radius 2 is 2.18 bits per heavy atom. The van der Waals surface area contributed by atoms with Crippen molar-refractivity contribution in [1.82, 2.24) is 0 Å². The molecule has 1 rings (SSSR count). The smallest absolute Gasteiger partial charge is 0.174 e. The first-order valence-electron chi connectivity index (χ1n) is 6.09. The molecule has 0 bridgehead atoms. The van der Waals surface area contributed by atoms with Crippen molar-refractivity contribution in [2.75, 3.05) is 24.2 Å². The van der Waals surface area contributed by atoms with Gasteiger partial charge >= 0.3 is 0 Å². The molecule has 96 valence electrons. The highest BCUT2D eigenvalue weighted by Gasteiger charge is 2.14. The van der Waals surface area contributed by atoms with Crippen LogP contribution < -0.4 is 10.6 Å². The summed E-state index contributed by atoms with van der Waals surface area (Å²) in [5.74, 6) is 0.822. The molecule has 1 aromatic rings. The van der Waals surface area contributed by atoms with Gasteiger partial charge in [-0.05, 0) is 18.4 Å². The van der Waals surface area contributed by atoms with Crippen LogP contribution in [-0.2, 0) is 0 Å². The van der Waals surface area contributed by atoms with Crippen molar-refractivity contribution in [3.63, 3.8) is 0 Å². The van der Waals surface area contributed by atoms with Crippen LogP contribution >= 0.6 is 11.3 Å². The predicted octanol–water partition coefficient (Wildman–Crippen LogP) is 3.41. The van der Waals surface area contributed by atoms with E-state index in [4.69, 9.17) is 5.73 Å². The fourth-order valence-electron chi connectivity index (χ4n) is 1.52. The number of hydrogen-bond donors (Lipinski definition) is 1. The van der Waals surface area contributed by atoms with E-state index in [1.165, 1.54) is 11.3 Å². The normalized spacial score (nSPS) is 10.9. The third kappa shape index (κ3) is 3.73. The van der Waals surface area contributed by atoms with Gasteiger partial charge in [0.25, 0.3) is 0 Å². The Labute approximate surface area is 108 Å². The molecule has 0 amide bonds. The second kappa shape index (κ2) is 6.05. The van der Waals surface area contributed by atoms with Crippen molar-refractivity contribution < 1.29 is 4.79 Å². The van der Waals surface area contributed by atoms with E-state index in [0.29, 0.717) is 22.9 Å². The molecule has 3 nitrogen and oxygen atoms in total. The summed E-state index contributed by atoms with van der Waals surface area (Å²) in [6, 6.07) is 1.91. The molecule has 0 aliphatic rings. The summed E-state index contributed by atoms with van der Waals surface area (Å²) in [6.07, 6.45) is 1.66. The number of nitrogens with zero attached hydrogens (tertiary/aromatic N) is 1. The van der Waals surface area contributed by atoms with E-state index in [0.717, 1.165) is 18.0 Å². The number of carbonyl (C=O) groups excluding carboxylic acids is 1. The molecule has 0 fully saturated rings. The number of hydrogen-bond acceptors (Lipinski definition) is 4. The van der Waals surface area contributed by atoms with Crippen molar-refractivity contribution in [2.45, 2.75) is 33.6 Å². The van der Waals surface area contributed by atoms with Gasteiger partial charge < -0.3 is 10.6 Å². The highest BCUT2D eigenvalue weighted by atomic mass is 32.1. The molecule has 0 aromatic carbocycles. The molecule has 1 aromatic heterocycles. The Kier molecular flexibility index (Phi) is 5.00. The van der Waals surface area contributed by atoms with Gasteiger partial charge in [0.2, 0.25) is 0 Å². The lowest BCUT2D eigenvalue weighted by Gasteiger charge is -2.17. The molecule has 2 N–H and O–H groups in total. The lowest BCUT2D eigenvalue weighted by atomic mass is 10.1. The summed E-state index contributed by atoms with van der Waals surface area (Å²) in [6.45, 7) is 7.28. The zero-order chi connectivity index (χ0) is 13.0. The summed E-state index contributed by atoms with van der Waals surface area (Å²) in [4.78, 5) is 14.5. The third-order valence-electron chi connectivity index (χ3n) is 2.74. The second-order valence-electron chi connectivity index (χ2n) is 4.75. The second-order valence-corrected chi connectivity index (χ2v) is 5.78. The van der Waals surface area contributed by atoms with Crippen LogP contribution in [0.4, 0.5) is 10.7 Å². The molecule has 0 radical (unpaired) electrons. The van der Waals surface area contributed by atoms with E-state index >= 15 is 0 Å². The maximum atomic E-state index is 11.6. The molecular formula is C13H22N2OS. The number of nitrogen functional groups attached to an aromatic ring is 1. The maximum absolute atomic E-state index is 11.6. The highest BCUT2D eigenvalue weighted by molar-refractivity contribution is 7.18. The number of carbonyl (C=O) groups is 1. The van der Waals surface area contributed by atoms with Crippen LogP contribution in [0.1, 0.15) is 43.3 Å².